The zero-order valence-corrected chi connectivity index (χ0v) is 16.8. The second-order valence-corrected chi connectivity index (χ2v) is 8.44. The number of ether oxygens (including phenoxy) is 1. The molecule has 3 rings (SSSR count). The summed E-state index contributed by atoms with van der Waals surface area (Å²) in [6, 6.07) is 10.3. The second kappa shape index (κ2) is 7.23. The van der Waals surface area contributed by atoms with Crippen LogP contribution in [0.25, 0.3) is 0 Å². The van der Waals surface area contributed by atoms with E-state index in [1.54, 1.807) is 11.0 Å². The Labute approximate surface area is 160 Å². The zero-order valence-electron chi connectivity index (χ0n) is 15.9. The topological polar surface area (TPSA) is 75.7 Å². The summed E-state index contributed by atoms with van der Waals surface area (Å²) >= 11 is 0. The third kappa shape index (κ3) is 3.78. The molecule has 0 unspecified atom stereocenters. The molecule has 0 fully saturated rings. The highest BCUT2D eigenvalue weighted by atomic mass is 32.2. The van der Waals surface area contributed by atoms with Gasteiger partial charge in [-0.3, -0.25) is 9.52 Å². The van der Waals surface area contributed by atoms with E-state index in [9.17, 15) is 13.2 Å². The lowest BCUT2D eigenvalue weighted by Gasteiger charge is -2.33. The van der Waals surface area contributed by atoms with Crippen LogP contribution in [0.1, 0.15) is 31.9 Å². The van der Waals surface area contributed by atoms with Crippen LogP contribution in [-0.2, 0) is 21.2 Å². The standard InChI is InChI=1S/C20H24N2O4S/c1-5-16-8-6-7-13(2)20(16)21-27(24,25)17-9-10-19-18(11-17)22(15(4)23)12-14(3)26-19/h6-11,14,21H,5,12H2,1-4H3/t14-/m1/s1. The average Bonchev–Trinajstić information content (AvgIpc) is 2.62. The largest absolute Gasteiger partial charge is 0.487 e. The van der Waals surface area contributed by atoms with Crippen LogP contribution < -0.4 is 14.4 Å². The van der Waals surface area contributed by atoms with E-state index in [2.05, 4.69) is 4.72 Å². The Morgan fingerprint density at radius 2 is 2.04 bits per heavy atom. The van der Waals surface area contributed by atoms with E-state index in [1.165, 1.54) is 19.1 Å². The number of para-hydroxylation sites is 1. The Hall–Kier alpha value is -2.54. The van der Waals surface area contributed by atoms with Gasteiger partial charge in [-0.25, -0.2) is 8.42 Å². The minimum absolute atomic E-state index is 0.0935. The molecule has 144 valence electrons. The number of aryl methyl sites for hydroxylation is 2. The van der Waals surface area contributed by atoms with Gasteiger partial charge in [0.15, 0.2) is 0 Å². The SMILES string of the molecule is CCc1cccc(C)c1NS(=O)(=O)c1ccc2c(c1)N(C(C)=O)C[C@@H](C)O2. The summed E-state index contributed by atoms with van der Waals surface area (Å²) < 4.78 is 34.4. The van der Waals surface area contributed by atoms with Gasteiger partial charge in [-0.2, -0.15) is 0 Å². The van der Waals surface area contributed by atoms with Gasteiger partial charge in [0.25, 0.3) is 10.0 Å². The van der Waals surface area contributed by atoms with Gasteiger partial charge in [0.2, 0.25) is 5.91 Å². The highest BCUT2D eigenvalue weighted by Gasteiger charge is 2.28. The van der Waals surface area contributed by atoms with E-state index < -0.39 is 10.0 Å². The summed E-state index contributed by atoms with van der Waals surface area (Å²) in [5.41, 5.74) is 2.87. The fourth-order valence-corrected chi connectivity index (χ4v) is 4.44. The summed E-state index contributed by atoms with van der Waals surface area (Å²) in [6.45, 7) is 7.57. The number of hydrogen-bond donors (Lipinski definition) is 1. The minimum Gasteiger partial charge on any atom is -0.487 e. The summed E-state index contributed by atoms with van der Waals surface area (Å²) in [5.74, 6) is 0.356. The maximum absolute atomic E-state index is 13.0. The van der Waals surface area contributed by atoms with Gasteiger partial charge in [-0.15, -0.1) is 0 Å². The van der Waals surface area contributed by atoms with Crippen molar-refractivity contribution in [3.05, 3.63) is 47.5 Å². The first-order valence-electron chi connectivity index (χ1n) is 8.93. The normalized spacial score (nSPS) is 16.4. The smallest absolute Gasteiger partial charge is 0.261 e. The first-order valence-corrected chi connectivity index (χ1v) is 10.4. The van der Waals surface area contributed by atoms with Gasteiger partial charge in [-0.05, 0) is 49.6 Å². The number of amides is 1. The molecule has 1 aliphatic rings. The van der Waals surface area contributed by atoms with Gasteiger partial charge in [0.05, 0.1) is 22.8 Å². The maximum atomic E-state index is 13.0. The number of nitrogens with one attached hydrogen (secondary N) is 1. The predicted octanol–water partition coefficient (Wildman–Crippen LogP) is 3.49. The number of hydrogen-bond acceptors (Lipinski definition) is 4. The van der Waals surface area contributed by atoms with Crippen LogP contribution >= 0.6 is 0 Å². The lowest BCUT2D eigenvalue weighted by molar-refractivity contribution is -0.117. The fraction of sp³-hybridized carbons (Fsp3) is 0.350. The van der Waals surface area contributed by atoms with Crippen molar-refractivity contribution in [3.8, 4) is 5.75 Å². The first kappa shape index (κ1) is 19.2. The number of rotatable bonds is 4. The summed E-state index contributed by atoms with van der Waals surface area (Å²) in [5, 5.41) is 0. The van der Waals surface area contributed by atoms with E-state index in [4.69, 9.17) is 4.74 Å². The molecule has 1 atom stereocenters. The third-order valence-corrected chi connectivity index (χ3v) is 6.00. The molecule has 0 aliphatic carbocycles. The molecule has 0 spiro atoms. The molecule has 2 aromatic carbocycles. The molecule has 1 amide bonds. The van der Waals surface area contributed by atoms with Gasteiger partial charge in [0, 0.05) is 6.92 Å². The van der Waals surface area contributed by atoms with E-state index in [0.29, 0.717) is 30.1 Å². The monoisotopic (exact) mass is 388 g/mol. The van der Waals surface area contributed by atoms with E-state index >= 15 is 0 Å². The first-order chi connectivity index (χ1) is 12.7. The molecule has 0 radical (unpaired) electrons. The number of nitrogens with zero attached hydrogens (tertiary/aromatic N) is 1. The van der Waals surface area contributed by atoms with Crippen molar-refractivity contribution in [2.24, 2.45) is 0 Å². The van der Waals surface area contributed by atoms with Crippen LogP contribution in [0.15, 0.2) is 41.3 Å². The van der Waals surface area contributed by atoms with Crippen LogP contribution in [0.5, 0.6) is 5.75 Å². The van der Waals surface area contributed by atoms with Crippen molar-refractivity contribution in [1.82, 2.24) is 0 Å². The lowest BCUT2D eigenvalue weighted by atomic mass is 10.1. The van der Waals surface area contributed by atoms with Crippen LogP contribution in [0.4, 0.5) is 11.4 Å². The van der Waals surface area contributed by atoms with Crippen molar-refractivity contribution < 1.29 is 17.9 Å². The highest BCUT2D eigenvalue weighted by molar-refractivity contribution is 7.92. The van der Waals surface area contributed by atoms with Crippen molar-refractivity contribution >= 4 is 27.3 Å². The van der Waals surface area contributed by atoms with Crippen molar-refractivity contribution in [1.29, 1.82) is 0 Å². The zero-order chi connectivity index (χ0) is 19.8. The molecule has 1 N–H and O–H groups in total. The second-order valence-electron chi connectivity index (χ2n) is 6.76. The maximum Gasteiger partial charge on any atom is 0.261 e. The number of carbonyl (C=O) groups excluding carboxylic acids is 1. The molecule has 0 aromatic heterocycles. The molecule has 1 aliphatic heterocycles. The van der Waals surface area contributed by atoms with E-state index in [0.717, 1.165) is 11.1 Å². The number of anilines is 2. The quantitative estimate of drug-likeness (QED) is 0.870. The van der Waals surface area contributed by atoms with Gasteiger partial charge in [0.1, 0.15) is 11.9 Å². The minimum atomic E-state index is -3.81. The number of fused-ring (bicyclic) bond motifs is 1. The number of sulfonamides is 1. The Bertz CT molecular complexity index is 985. The van der Waals surface area contributed by atoms with Gasteiger partial charge < -0.3 is 9.64 Å². The van der Waals surface area contributed by atoms with Crippen molar-refractivity contribution in [3.63, 3.8) is 0 Å². The Kier molecular flexibility index (Phi) is 5.15. The fourth-order valence-electron chi connectivity index (χ4n) is 3.25. The van der Waals surface area contributed by atoms with Gasteiger partial charge >= 0.3 is 0 Å². The Morgan fingerprint density at radius 1 is 1.30 bits per heavy atom. The van der Waals surface area contributed by atoms with Crippen LogP contribution in [0.3, 0.4) is 0 Å². The Morgan fingerprint density at radius 3 is 2.70 bits per heavy atom. The molecule has 0 bridgehead atoms. The lowest BCUT2D eigenvalue weighted by Crippen LogP contribution is -2.41. The average molecular weight is 388 g/mol. The number of benzene rings is 2. The molecule has 1 heterocycles. The molecule has 27 heavy (non-hydrogen) atoms. The van der Waals surface area contributed by atoms with Crippen LogP contribution in [0, 0.1) is 6.92 Å². The molecule has 2 aromatic rings. The van der Waals surface area contributed by atoms with E-state index in [-0.39, 0.29) is 16.9 Å². The summed E-state index contributed by atoms with van der Waals surface area (Å²) in [4.78, 5) is 13.6. The third-order valence-electron chi connectivity index (χ3n) is 4.66. The molecule has 0 saturated carbocycles. The van der Waals surface area contributed by atoms with Gasteiger partial charge in [-0.1, -0.05) is 25.1 Å². The van der Waals surface area contributed by atoms with Crippen LogP contribution in [-0.4, -0.2) is 27.0 Å². The predicted molar refractivity (Wildman–Crippen MR) is 106 cm³/mol. The highest BCUT2D eigenvalue weighted by Crippen LogP contribution is 2.36. The molecule has 7 heteroatoms. The van der Waals surface area contributed by atoms with Crippen LogP contribution in [0.2, 0.25) is 0 Å². The van der Waals surface area contributed by atoms with E-state index in [1.807, 2.05) is 39.0 Å². The Balaban J connectivity index is 2.02. The summed E-state index contributed by atoms with van der Waals surface area (Å²) in [7, 11) is -3.81. The summed E-state index contributed by atoms with van der Waals surface area (Å²) in [6.07, 6.45) is 0.564. The molecule has 6 nitrogen and oxygen atoms in total. The number of carbonyl (C=O) groups is 1. The molecule has 0 saturated heterocycles. The van der Waals surface area contributed by atoms with Crippen molar-refractivity contribution in [2.75, 3.05) is 16.2 Å². The molecular weight excluding hydrogens is 364 g/mol. The molecular formula is C20H24N2O4S. The van der Waals surface area contributed by atoms with Crippen molar-refractivity contribution in [2.45, 2.75) is 45.1 Å².